The van der Waals surface area contributed by atoms with Crippen molar-refractivity contribution in [1.82, 2.24) is 0 Å². The molecule has 86 valence electrons. The standard InChI is InChI=1S/C11H20O3Si/c1-11(2,3)15(4,5)9(10(13)14)7-6-8-12/h7-8H,6H2,1-5H3,(H,13,14). The molecule has 0 atom stereocenters. The molecule has 4 heteroatoms. The van der Waals surface area contributed by atoms with Crippen LogP contribution in [0.25, 0.3) is 0 Å². The number of carbonyl (C=O) groups is 2. The van der Waals surface area contributed by atoms with Crippen molar-refractivity contribution in [3.8, 4) is 0 Å². The number of hydrogen-bond donors (Lipinski definition) is 1. The fourth-order valence-electron chi connectivity index (χ4n) is 1.18. The van der Waals surface area contributed by atoms with Crippen molar-refractivity contribution in [2.75, 3.05) is 0 Å². The summed E-state index contributed by atoms with van der Waals surface area (Å²) in [6.45, 7) is 10.2. The third kappa shape index (κ3) is 3.30. The maximum absolute atomic E-state index is 11.1. The summed E-state index contributed by atoms with van der Waals surface area (Å²) in [6.07, 6.45) is 2.48. The van der Waals surface area contributed by atoms with Crippen LogP contribution in [0.3, 0.4) is 0 Å². The van der Waals surface area contributed by atoms with Crippen molar-refractivity contribution in [2.45, 2.75) is 45.3 Å². The van der Waals surface area contributed by atoms with Gasteiger partial charge < -0.3 is 9.90 Å². The zero-order valence-corrected chi connectivity index (χ0v) is 11.1. The summed E-state index contributed by atoms with van der Waals surface area (Å²) in [6, 6.07) is 0. The normalized spacial score (nSPS) is 13.8. The first kappa shape index (κ1) is 14.1. The topological polar surface area (TPSA) is 54.4 Å². The smallest absolute Gasteiger partial charge is 0.327 e. The van der Waals surface area contributed by atoms with Crippen molar-refractivity contribution >= 4 is 20.3 Å². The Hall–Kier alpha value is -0.903. The Morgan fingerprint density at radius 3 is 2.07 bits per heavy atom. The highest BCUT2D eigenvalue weighted by atomic mass is 28.3. The summed E-state index contributed by atoms with van der Waals surface area (Å²) in [4.78, 5) is 21.4. The molecule has 0 heterocycles. The maximum atomic E-state index is 11.1. The molecule has 0 amide bonds. The molecular weight excluding hydrogens is 208 g/mol. The molecule has 0 unspecified atom stereocenters. The van der Waals surface area contributed by atoms with Crippen LogP contribution in [0, 0.1) is 0 Å². The van der Waals surface area contributed by atoms with Crippen LogP contribution in [-0.2, 0) is 9.59 Å². The Morgan fingerprint density at radius 1 is 1.33 bits per heavy atom. The van der Waals surface area contributed by atoms with Crippen LogP contribution >= 0.6 is 0 Å². The molecule has 0 aliphatic carbocycles. The van der Waals surface area contributed by atoms with Gasteiger partial charge in [0.25, 0.3) is 0 Å². The van der Waals surface area contributed by atoms with Gasteiger partial charge in [-0.25, -0.2) is 4.79 Å². The van der Waals surface area contributed by atoms with E-state index >= 15 is 0 Å². The van der Waals surface area contributed by atoms with Crippen LogP contribution in [0.2, 0.25) is 18.1 Å². The van der Waals surface area contributed by atoms with Crippen molar-refractivity contribution < 1.29 is 14.7 Å². The maximum Gasteiger partial charge on any atom is 0.327 e. The third-order valence-electron chi connectivity index (χ3n) is 3.20. The van der Waals surface area contributed by atoms with E-state index in [9.17, 15) is 9.59 Å². The van der Waals surface area contributed by atoms with E-state index in [4.69, 9.17) is 5.11 Å². The Kier molecular flexibility index (Phi) is 4.46. The lowest BCUT2D eigenvalue weighted by Crippen LogP contribution is -2.42. The molecule has 15 heavy (non-hydrogen) atoms. The first-order valence-corrected chi connectivity index (χ1v) is 8.02. The fraction of sp³-hybridized carbons (Fsp3) is 0.636. The molecule has 0 aromatic rings. The first-order valence-electron chi connectivity index (χ1n) is 5.02. The monoisotopic (exact) mass is 228 g/mol. The molecule has 0 aliphatic rings. The SMILES string of the molecule is CC(C)(C)[Si](C)(C)C(=CCC=O)C(=O)O. The second kappa shape index (κ2) is 4.75. The molecule has 3 nitrogen and oxygen atoms in total. The zero-order chi connectivity index (χ0) is 12.3. The lowest BCUT2D eigenvalue weighted by atomic mass is 10.2. The fourth-order valence-corrected chi connectivity index (χ4v) is 3.15. The first-order chi connectivity index (χ1) is 6.64. The summed E-state index contributed by atoms with van der Waals surface area (Å²) in [5.41, 5.74) is 0. The van der Waals surface area contributed by atoms with Gasteiger partial charge >= 0.3 is 5.97 Å². The van der Waals surface area contributed by atoms with Crippen molar-refractivity contribution in [2.24, 2.45) is 0 Å². The van der Waals surface area contributed by atoms with E-state index in [1.165, 1.54) is 0 Å². The number of carboxylic acids is 1. The molecule has 0 aromatic heterocycles. The molecule has 0 fully saturated rings. The van der Waals surface area contributed by atoms with Gasteiger partial charge in [-0.15, -0.1) is 0 Å². The minimum atomic E-state index is -2.03. The number of rotatable bonds is 4. The largest absolute Gasteiger partial charge is 0.478 e. The Labute approximate surface area is 92.2 Å². The number of carbonyl (C=O) groups excluding carboxylic acids is 1. The summed E-state index contributed by atoms with van der Waals surface area (Å²) >= 11 is 0. The lowest BCUT2D eigenvalue weighted by molar-refractivity contribution is -0.132. The van der Waals surface area contributed by atoms with Crippen LogP contribution < -0.4 is 0 Å². The summed E-state index contributed by atoms with van der Waals surface area (Å²) in [5.74, 6) is -0.886. The van der Waals surface area contributed by atoms with Crippen molar-refractivity contribution in [1.29, 1.82) is 0 Å². The molecule has 0 bridgehead atoms. The van der Waals surface area contributed by atoms with Crippen LogP contribution in [0.4, 0.5) is 0 Å². The summed E-state index contributed by atoms with van der Waals surface area (Å²) < 4.78 is 0. The molecule has 0 radical (unpaired) electrons. The minimum Gasteiger partial charge on any atom is -0.478 e. The van der Waals surface area contributed by atoms with Gasteiger partial charge in [-0.3, -0.25) is 0 Å². The summed E-state index contributed by atoms with van der Waals surface area (Å²) in [7, 11) is -2.03. The minimum absolute atomic E-state index is 0.0277. The highest BCUT2D eigenvalue weighted by Crippen LogP contribution is 2.40. The third-order valence-corrected chi connectivity index (χ3v) is 8.71. The number of hydrogen-bond acceptors (Lipinski definition) is 2. The van der Waals surface area contributed by atoms with E-state index in [-0.39, 0.29) is 11.5 Å². The lowest BCUT2D eigenvalue weighted by Gasteiger charge is -2.37. The van der Waals surface area contributed by atoms with E-state index in [2.05, 4.69) is 20.8 Å². The molecular formula is C11H20O3Si. The number of aliphatic carboxylic acids is 1. The Morgan fingerprint density at radius 2 is 1.80 bits per heavy atom. The van der Waals surface area contributed by atoms with Gasteiger partial charge in [0, 0.05) is 11.6 Å². The van der Waals surface area contributed by atoms with Crippen molar-refractivity contribution in [3.63, 3.8) is 0 Å². The van der Waals surface area contributed by atoms with E-state index in [0.717, 1.165) is 6.29 Å². The second-order valence-electron chi connectivity index (χ2n) is 5.20. The Bertz CT molecular complexity index is 285. The van der Waals surface area contributed by atoms with E-state index in [0.29, 0.717) is 5.20 Å². The zero-order valence-electron chi connectivity index (χ0n) is 10.1. The molecule has 0 spiro atoms. The van der Waals surface area contributed by atoms with Crippen molar-refractivity contribution in [3.05, 3.63) is 11.3 Å². The van der Waals surface area contributed by atoms with Gasteiger partial charge in [0.2, 0.25) is 0 Å². The van der Waals surface area contributed by atoms with Gasteiger partial charge in [0.15, 0.2) is 0 Å². The average Bonchev–Trinajstić information content (AvgIpc) is 2.01. The highest BCUT2D eigenvalue weighted by Gasteiger charge is 2.41. The van der Waals surface area contributed by atoms with Gasteiger partial charge in [0.1, 0.15) is 6.29 Å². The summed E-state index contributed by atoms with van der Waals surface area (Å²) in [5, 5.41) is 9.57. The molecule has 0 rings (SSSR count). The number of carboxylic acid groups (broad SMARTS) is 1. The van der Waals surface area contributed by atoms with Crippen LogP contribution in [-0.4, -0.2) is 25.4 Å². The Balaban J connectivity index is 5.26. The predicted molar refractivity (Wildman–Crippen MR) is 63.6 cm³/mol. The van der Waals surface area contributed by atoms with E-state index in [1.54, 1.807) is 6.08 Å². The van der Waals surface area contributed by atoms with Crippen LogP contribution in [0.15, 0.2) is 11.3 Å². The molecule has 1 N–H and O–H groups in total. The van der Waals surface area contributed by atoms with Gasteiger partial charge in [-0.05, 0) is 5.04 Å². The van der Waals surface area contributed by atoms with Gasteiger partial charge in [-0.2, -0.15) is 0 Å². The van der Waals surface area contributed by atoms with E-state index in [1.807, 2.05) is 13.1 Å². The van der Waals surface area contributed by atoms with E-state index < -0.39 is 14.0 Å². The van der Waals surface area contributed by atoms with Gasteiger partial charge in [0.05, 0.1) is 8.07 Å². The molecule has 0 saturated heterocycles. The molecule has 0 saturated carbocycles. The van der Waals surface area contributed by atoms with Gasteiger partial charge in [-0.1, -0.05) is 39.9 Å². The second-order valence-corrected chi connectivity index (χ2v) is 10.5. The number of aldehydes is 1. The predicted octanol–water partition coefficient (Wildman–Crippen LogP) is 2.63. The quantitative estimate of drug-likeness (QED) is 0.457. The average molecular weight is 228 g/mol. The van der Waals surface area contributed by atoms with Crippen LogP contribution in [0.5, 0.6) is 0 Å². The highest BCUT2D eigenvalue weighted by molar-refractivity contribution is 6.90. The molecule has 0 aromatic carbocycles. The van der Waals surface area contributed by atoms with Crippen LogP contribution in [0.1, 0.15) is 27.2 Å². The molecule has 0 aliphatic heterocycles. The number of allylic oxidation sites excluding steroid dienone is 1.